The Hall–Kier alpha value is -2.05. The summed E-state index contributed by atoms with van der Waals surface area (Å²) in [6.45, 7) is 4.39. The van der Waals surface area contributed by atoms with Crippen LogP contribution in [0, 0.1) is 0 Å². The first-order valence-electron chi connectivity index (χ1n) is 8.52. The minimum atomic E-state index is -4.41. The maximum Gasteiger partial charge on any atom is 0.416 e. The van der Waals surface area contributed by atoms with Crippen LogP contribution < -0.4 is 16.0 Å². The van der Waals surface area contributed by atoms with Gasteiger partial charge in [-0.25, -0.2) is 4.79 Å². The summed E-state index contributed by atoms with van der Waals surface area (Å²) >= 11 is 0. The maximum atomic E-state index is 12.9. The van der Waals surface area contributed by atoms with Crippen LogP contribution in [0.2, 0.25) is 0 Å². The quantitative estimate of drug-likeness (QED) is 0.236. The minimum absolute atomic E-state index is 0. The molecule has 0 aliphatic carbocycles. The van der Waals surface area contributed by atoms with Crippen LogP contribution >= 0.6 is 24.0 Å². The Labute approximate surface area is 178 Å². The predicted molar refractivity (Wildman–Crippen MR) is 110 cm³/mol. The molecule has 28 heavy (non-hydrogen) atoms. The number of rotatable bonds is 6. The summed E-state index contributed by atoms with van der Waals surface area (Å²) in [6.07, 6.45) is -4.41. The molecule has 11 heteroatoms. The van der Waals surface area contributed by atoms with Crippen molar-refractivity contribution in [2.75, 3.05) is 26.2 Å². The number of nitrogens with zero attached hydrogens (tertiary/aromatic N) is 2. The van der Waals surface area contributed by atoms with E-state index in [0.29, 0.717) is 18.1 Å². The van der Waals surface area contributed by atoms with Crippen LogP contribution in [-0.2, 0) is 11.0 Å². The Morgan fingerprint density at radius 2 is 2.07 bits per heavy atom. The normalized spacial score (nSPS) is 15.8. The molecule has 0 radical (unpaired) electrons. The molecule has 7 nitrogen and oxygen atoms in total. The topological polar surface area (TPSA) is 85.8 Å². The summed E-state index contributed by atoms with van der Waals surface area (Å²) in [5.41, 5.74) is -0.251. The van der Waals surface area contributed by atoms with Crippen molar-refractivity contribution in [3.8, 4) is 0 Å². The van der Waals surface area contributed by atoms with Crippen molar-refractivity contribution in [3.63, 3.8) is 0 Å². The number of halogens is 4. The fourth-order valence-corrected chi connectivity index (χ4v) is 2.54. The number of aliphatic imine (C=N–C) groups is 1. The van der Waals surface area contributed by atoms with Crippen LogP contribution in [-0.4, -0.2) is 49.0 Å². The molecule has 3 N–H and O–H groups in total. The third-order valence-corrected chi connectivity index (χ3v) is 3.94. The van der Waals surface area contributed by atoms with Crippen LogP contribution in [0.5, 0.6) is 0 Å². The molecule has 156 valence electrons. The zero-order valence-electron chi connectivity index (χ0n) is 15.5. The molecular weight excluding hydrogens is 490 g/mol. The standard InChI is InChI=1S/C17H22F3N5O2.HI/c1-3-21-15(22-7-8-25-14(26)10-23-16(25)27)24-11(2)12-5-4-6-13(9-12)17(18,19)20;/h4-6,9,11H,3,7-8,10H2,1-2H3,(H,23,27)(H2,21,22,24);1H. The van der Waals surface area contributed by atoms with E-state index < -0.39 is 23.8 Å². The molecule has 2 rings (SSSR count). The summed E-state index contributed by atoms with van der Waals surface area (Å²) in [6, 6.07) is 4.19. The maximum absolute atomic E-state index is 12.9. The molecule has 0 aromatic heterocycles. The van der Waals surface area contributed by atoms with E-state index in [-0.39, 0.29) is 49.5 Å². The van der Waals surface area contributed by atoms with Gasteiger partial charge in [0.25, 0.3) is 0 Å². The van der Waals surface area contributed by atoms with Crippen molar-refractivity contribution >= 4 is 41.9 Å². The fraction of sp³-hybridized carbons (Fsp3) is 0.471. The first kappa shape index (κ1) is 24.0. The number of carbonyl (C=O) groups excluding carboxylic acids is 2. The van der Waals surface area contributed by atoms with Crippen LogP contribution in [0.1, 0.15) is 31.0 Å². The number of hydrogen-bond acceptors (Lipinski definition) is 3. The van der Waals surface area contributed by atoms with E-state index >= 15 is 0 Å². The summed E-state index contributed by atoms with van der Waals surface area (Å²) in [4.78, 5) is 28.4. The number of nitrogens with one attached hydrogen (secondary N) is 3. The van der Waals surface area contributed by atoms with Crippen LogP contribution in [0.3, 0.4) is 0 Å². The van der Waals surface area contributed by atoms with E-state index in [4.69, 9.17) is 0 Å². The molecule has 0 spiro atoms. The first-order valence-corrected chi connectivity index (χ1v) is 8.52. The SMILES string of the molecule is CCNC(=NCCN1C(=O)CNC1=O)NC(C)c1cccc(C(F)(F)F)c1.I. The van der Waals surface area contributed by atoms with Gasteiger partial charge in [-0.05, 0) is 31.5 Å². The van der Waals surface area contributed by atoms with Crippen molar-refractivity contribution in [2.24, 2.45) is 4.99 Å². The second-order valence-corrected chi connectivity index (χ2v) is 5.95. The molecule has 1 atom stereocenters. The van der Waals surface area contributed by atoms with Gasteiger partial charge in [-0.1, -0.05) is 12.1 Å². The van der Waals surface area contributed by atoms with Crippen molar-refractivity contribution in [1.82, 2.24) is 20.9 Å². The first-order chi connectivity index (χ1) is 12.7. The lowest BCUT2D eigenvalue weighted by molar-refractivity contribution is -0.137. The average molecular weight is 513 g/mol. The van der Waals surface area contributed by atoms with Gasteiger partial charge in [-0.15, -0.1) is 24.0 Å². The second-order valence-electron chi connectivity index (χ2n) is 5.95. The second kappa shape index (κ2) is 10.5. The van der Waals surface area contributed by atoms with Gasteiger partial charge < -0.3 is 16.0 Å². The van der Waals surface area contributed by atoms with Gasteiger partial charge in [0, 0.05) is 6.54 Å². The summed E-state index contributed by atoms with van der Waals surface area (Å²) in [7, 11) is 0. The highest BCUT2D eigenvalue weighted by molar-refractivity contribution is 14.0. The number of urea groups is 1. The van der Waals surface area contributed by atoms with E-state index in [1.165, 1.54) is 6.07 Å². The van der Waals surface area contributed by atoms with E-state index in [1.54, 1.807) is 13.0 Å². The predicted octanol–water partition coefficient (Wildman–Crippen LogP) is 2.49. The zero-order chi connectivity index (χ0) is 20.0. The van der Waals surface area contributed by atoms with Gasteiger partial charge in [-0.2, -0.15) is 13.2 Å². The number of amides is 3. The van der Waals surface area contributed by atoms with Gasteiger partial charge in [0.15, 0.2) is 5.96 Å². The van der Waals surface area contributed by atoms with Crippen molar-refractivity contribution in [1.29, 1.82) is 0 Å². The molecule has 0 bridgehead atoms. The van der Waals surface area contributed by atoms with Crippen LogP contribution in [0.15, 0.2) is 29.3 Å². The minimum Gasteiger partial charge on any atom is -0.357 e. The monoisotopic (exact) mass is 513 g/mol. The molecule has 1 aliphatic rings. The highest BCUT2D eigenvalue weighted by Crippen LogP contribution is 2.30. The van der Waals surface area contributed by atoms with Gasteiger partial charge >= 0.3 is 12.2 Å². The number of hydrogen-bond donors (Lipinski definition) is 3. The fourth-order valence-electron chi connectivity index (χ4n) is 2.54. The Morgan fingerprint density at radius 1 is 1.36 bits per heavy atom. The Bertz CT molecular complexity index is 711. The summed E-state index contributed by atoms with van der Waals surface area (Å²) in [5.74, 6) is 0.0694. The summed E-state index contributed by atoms with van der Waals surface area (Å²) < 4.78 is 38.6. The number of alkyl halides is 3. The molecule has 3 amide bonds. The van der Waals surface area contributed by atoms with E-state index in [2.05, 4.69) is 20.9 Å². The lowest BCUT2D eigenvalue weighted by Gasteiger charge is -2.19. The largest absolute Gasteiger partial charge is 0.416 e. The van der Waals surface area contributed by atoms with Gasteiger partial charge in [0.05, 0.1) is 31.2 Å². The molecule has 1 aliphatic heterocycles. The van der Waals surface area contributed by atoms with Gasteiger partial charge in [-0.3, -0.25) is 14.7 Å². The molecule has 1 saturated heterocycles. The van der Waals surface area contributed by atoms with Crippen molar-refractivity contribution in [3.05, 3.63) is 35.4 Å². The zero-order valence-corrected chi connectivity index (χ0v) is 17.8. The molecule has 1 heterocycles. The molecule has 1 aromatic rings. The summed E-state index contributed by atoms with van der Waals surface area (Å²) in [5, 5.41) is 8.44. The number of benzene rings is 1. The van der Waals surface area contributed by atoms with Gasteiger partial charge in [0.1, 0.15) is 0 Å². The average Bonchev–Trinajstić information content (AvgIpc) is 2.93. The van der Waals surface area contributed by atoms with Crippen molar-refractivity contribution in [2.45, 2.75) is 26.1 Å². The third kappa shape index (κ3) is 6.53. The smallest absolute Gasteiger partial charge is 0.357 e. The van der Waals surface area contributed by atoms with E-state index in [0.717, 1.165) is 17.0 Å². The van der Waals surface area contributed by atoms with Crippen LogP contribution in [0.4, 0.5) is 18.0 Å². The molecule has 1 aromatic carbocycles. The highest BCUT2D eigenvalue weighted by Gasteiger charge is 2.31. The highest BCUT2D eigenvalue weighted by atomic mass is 127. The van der Waals surface area contributed by atoms with Gasteiger partial charge in [0.2, 0.25) is 5.91 Å². The lowest BCUT2D eigenvalue weighted by atomic mass is 10.1. The van der Waals surface area contributed by atoms with E-state index in [9.17, 15) is 22.8 Å². The number of carbonyl (C=O) groups is 2. The van der Waals surface area contributed by atoms with Crippen LogP contribution in [0.25, 0.3) is 0 Å². The Kier molecular flexibility index (Phi) is 8.98. The van der Waals surface area contributed by atoms with E-state index in [1.807, 2.05) is 6.92 Å². The molecule has 1 fully saturated rings. The molecule has 0 saturated carbocycles. The third-order valence-electron chi connectivity index (χ3n) is 3.94. The molecular formula is C17H23F3IN5O2. The lowest BCUT2D eigenvalue weighted by Crippen LogP contribution is -2.40. The Balaban J connectivity index is 0.00000392. The molecule has 1 unspecified atom stereocenters. The Morgan fingerprint density at radius 3 is 2.64 bits per heavy atom. The van der Waals surface area contributed by atoms with Crippen molar-refractivity contribution < 1.29 is 22.8 Å². The number of guanidine groups is 1. The number of imide groups is 1.